The molecule has 2 aromatic heterocycles. The molecular formula is C20H25N5. The molecule has 1 aromatic carbocycles. The summed E-state index contributed by atoms with van der Waals surface area (Å²) in [5.41, 5.74) is 4.77. The largest absolute Gasteiger partial charge is 0.363 e. The summed E-state index contributed by atoms with van der Waals surface area (Å²) in [5, 5.41) is 14.3. The van der Waals surface area contributed by atoms with Gasteiger partial charge in [-0.1, -0.05) is 18.2 Å². The molecule has 0 aliphatic carbocycles. The lowest BCUT2D eigenvalue weighted by molar-refractivity contribution is 0.851. The maximum Gasteiger partial charge on any atom is 0.157 e. The van der Waals surface area contributed by atoms with Gasteiger partial charge in [0.05, 0.1) is 11.7 Å². The Bertz CT molecular complexity index is 917. The highest BCUT2D eigenvalue weighted by atomic mass is 15.2. The summed E-state index contributed by atoms with van der Waals surface area (Å²) in [6, 6.07) is 8.60. The van der Waals surface area contributed by atoms with E-state index in [0.717, 1.165) is 28.1 Å². The molecule has 0 unspecified atom stereocenters. The topological polar surface area (TPSA) is 53.9 Å². The molecule has 0 fully saturated rings. The van der Waals surface area contributed by atoms with Crippen LogP contribution in [0, 0.1) is 20.8 Å². The van der Waals surface area contributed by atoms with Gasteiger partial charge in [-0.05, 0) is 50.5 Å². The van der Waals surface area contributed by atoms with E-state index >= 15 is 0 Å². The second-order valence-electron chi connectivity index (χ2n) is 6.77. The first-order valence-corrected chi connectivity index (χ1v) is 8.51. The standard InChI is InChI=1S/C20H25N5/c1-12-8-7-9-16(13(12)2)14(3)22-20-17-10-19(25(5)6)21-11-18(17)15(4)23-24-20/h7-11,14H,1-6H3,(H,22,24)/t14-/m1/s1. The normalized spacial score (nSPS) is 12.2. The average molecular weight is 335 g/mol. The number of nitrogens with zero attached hydrogens (tertiary/aromatic N) is 4. The molecule has 0 bridgehead atoms. The zero-order valence-corrected chi connectivity index (χ0v) is 15.8. The number of nitrogens with one attached hydrogen (secondary N) is 1. The minimum Gasteiger partial charge on any atom is -0.363 e. The highest BCUT2D eigenvalue weighted by Crippen LogP contribution is 2.29. The number of aryl methyl sites for hydroxylation is 2. The average Bonchev–Trinajstić information content (AvgIpc) is 2.59. The highest BCUT2D eigenvalue weighted by molar-refractivity contribution is 5.94. The molecule has 0 amide bonds. The summed E-state index contributed by atoms with van der Waals surface area (Å²) in [7, 11) is 3.98. The Labute approximate surface area is 149 Å². The van der Waals surface area contributed by atoms with Crippen molar-refractivity contribution in [2.75, 3.05) is 24.3 Å². The van der Waals surface area contributed by atoms with Gasteiger partial charge in [-0.2, -0.15) is 5.10 Å². The van der Waals surface area contributed by atoms with Gasteiger partial charge in [0, 0.05) is 31.1 Å². The summed E-state index contributed by atoms with van der Waals surface area (Å²) >= 11 is 0. The first-order chi connectivity index (χ1) is 11.9. The van der Waals surface area contributed by atoms with Crippen molar-refractivity contribution >= 4 is 22.4 Å². The molecule has 25 heavy (non-hydrogen) atoms. The Morgan fingerprint density at radius 1 is 1.04 bits per heavy atom. The van der Waals surface area contributed by atoms with E-state index in [0.29, 0.717) is 0 Å². The molecule has 0 saturated heterocycles. The van der Waals surface area contributed by atoms with Gasteiger partial charge in [-0.25, -0.2) is 4.98 Å². The van der Waals surface area contributed by atoms with Crippen LogP contribution in [0.2, 0.25) is 0 Å². The molecule has 2 heterocycles. The number of benzene rings is 1. The maximum atomic E-state index is 4.50. The second kappa shape index (κ2) is 6.67. The Kier molecular flexibility index (Phi) is 4.57. The van der Waals surface area contributed by atoms with Gasteiger partial charge in [0.1, 0.15) is 5.82 Å². The van der Waals surface area contributed by atoms with Crippen LogP contribution in [0.5, 0.6) is 0 Å². The van der Waals surface area contributed by atoms with Gasteiger partial charge in [-0.15, -0.1) is 5.10 Å². The zero-order chi connectivity index (χ0) is 18.1. The van der Waals surface area contributed by atoms with E-state index in [1.54, 1.807) is 0 Å². The minimum absolute atomic E-state index is 0.135. The molecule has 1 atom stereocenters. The van der Waals surface area contributed by atoms with Gasteiger partial charge in [-0.3, -0.25) is 0 Å². The van der Waals surface area contributed by atoms with Crippen molar-refractivity contribution in [1.29, 1.82) is 0 Å². The van der Waals surface area contributed by atoms with Crippen LogP contribution in [0.3, 0.4) is 0 Å². The fraction of sp³-hybridized carbons (Fsp3) is 0.350. The van der Waals surface area contributed by atoms with E-state index in [1.165, 1.54) is 16.7 Å². The second-order valence-corrected chi connectivity index (χ2v) is 6.77. The summed E-state index contributed by atoms with van der Waals surface area (Å²) in [5.74, 6) is 1.70. The van der Waals surface area contributed by atoms with Crippen molar-refractivity contribution in [3.63, 3.8) is 0 Å². The van der Waals surface area contributed by atoms with Crippen LogP contribution in [0.4, 0.5) is 11.6 Å². The Morgan fingerprint density at radius 2 is 1.80 bits per heavy atom. The first kappa shape index (κ1) is 17.1. The first-order valence-electron chi connectivity index (χ1n) is 8.51. The number of hydrogen-bond acceptors (Lipinski definition) is 5. The predicted octanol–water partition coefficient (Wildman–Crippen LogP) is 4.19. The van der Waals surface area contributed by atoms with E-state index in [4.69, 9.17) is 0 Å². The monoisotopic (exact) mass is 335 g/mol. The maximum absolute atomic E-state index is 4.50. The van der Waals surface area contributed by atoms with Gasteiger partial charge >= 0.3 is 0 Å². The molecule has 0 aliphatic heterocycles. The molecule has 0 saturated carbocycles. The summed E-state index contributed by atoms with van der Waals surface area (Å²) < 4.78 is 0. The Balaban J connectivity index is 2.04. The van der Waals surface area contributed by atoms with Crippen molar-refractivity contribution in [1.82, 2.24) is 15.2 Å². The number of anilines is 2. The zero-order valence-electron chi connectivity index (χ0n) is 15.8. The van der Waals surface area contributed by atoms with Gasteiger partial charge in [0.25, 0.3) is 0 Å². The van der Waals surface area contributed by atoms with Gasteiger partial charge in [0.15, 0.2) is 5.82 Å². The molecule has 3 aromatic rings. The smallest absolute Gasteiger partial charge is 0.157 e. The lowest BCUT2D eigenvalue weighted by atomic mass is 9.98. The Morgan fingerprint density at radius 3 is 2.52 bits per heavy atom. The van der Waals surface area contributed by atoms with Gasteiger partial charge < -0.3 is 10.2 Å². The highest BCUT2D eigenvalue weighted by Gasteiger charge is 2.14. The fourth-order valence-corrected chi connectivity index (χ4v) is 3.04. The van der Waals surface area contributed by atoms with Crippen molar-refractivity contribution in [3.8, 4) is 0 Å². The third kappa shape index (κ3) is 3.27. The summed E-state index contributed by atoms with van der Waals surface area (Å²) in [6.45, 7) is 8.42. The van der Waals surface area contributed by atoms with Crippen LogP contribution in [0.1, 0.15) is 35.3 Å². The van der Waals surface area contributed by atoms with E-state index in [-0.39, 0.29) is 6.04 Å². The lowest BCUT2D eigenvalue weighted by Crippen LogP contribution is -2.13. The van der Waals surface area contributed by atoms with Gasteiger partial charge in [0.2, 0.25) is 0 Å². The number of aromatic nitrogens is 3. The van der Waals surface area contributed by atoms with Crippen LogP contribution in [0.25, 0.3) is 10.8 Å². The van der Waals surface area contributed by atoms with Crippen molar-refractivity contribution in [2.24, 2.45) is 0 Å². The molecule has 0 spiro atoms. The number of hydrogen-bond donors (Lipinski definition) is 1. The molecule has 130 valence electrons. The molecular weight excluding hydrogens is 310 g/mol. The van der Waals surface area contributed by atoms with E-state index < -0.39 is 0 Å². The van der Waals surface area contributed by atoms with Crippen LogP contribution in [-0.4, -0.2) is 29.3 Å². The summed E-state index contributed by atoms with van der Waals surface area (Å²) in [6.07, 6.45) is 1.88. The third-order valence-electron chi connectivity index (χ3n) is 4.76. The molecule has 0 radical (unpaired) electrons. The van der Waals surface area contributed by atoms with Crippen LogP contribution in [0.15, 0.2) is 30.5 Å². The van der Waals surface area contributed by atoms with E-state index in [2.05, 4.69) is 65.5 Å². The van der Waals surface area contributed by atoms with Crippen molar-refractivity contribution in [2.45, 2.75) is 33.7 Å². The predicted molar refractivity (Wildman–Crippen MR) is 104 cm³/mol. The lowest BCUT2D eigenvalue weighted by Gasteiger charge is -2.20. The molecule has 1 N–H and O–H groups in total. The van der Waals surface area contributed by atoms with Crippen LogP contribution >= 0.6 is 0 Å². The fourth-order valence-electron chi connectivity index (χ4n) is 3.04. The summed E-state index contributed by atoms with van der Waals surface area (Å²) in [4.78, 5) is 6.49. The van der Waals surface area contributed by atoms with E-state index in [1.807, 2.05) is 32.1 Å². The minimum atomic E-state index is 0.135. The number of rotatable bonds is 4. The number of pyridine rings is 1. The van der Waals surface area contributed by atoms with Crippen LogP contribution < -0.4 is 10.2 Å². The SMILES string of the molecule is Cc1cccc([C@@H](C)Nc2nnc(C)c3cnc(N(C)C)cc23)c1C. The van der Waals surface area contributed by atoms with Crippen LogP contribution in [-0.2, 0) is 0 Å². The van der Waals surface area contributed by atoms with E-state index in [9.17, 15) is 0 Å². The molecule has 5 heteroatoms. The van der Waals surface area contributed by atoms with Crippen molar-refractivity contribution in [3.05, 3.63) is 52.8 Å². The quantitative estimate of drug-likeness (QED) is 0.775. The number of fused-ring (bicyclic) bond motifs is 1. The third-order valence-corrected chi connectivity index (χ3v) is 4.76. The molecule has 5 nitrogen and oxygen atoms in total. The molecule has 3 rings (SSSR count). The molecule has 0 aliphatic rings. The Hall–Kier alpha value is -2.69. The van der Waals surface area contributed by atoms with Crippen molar-refractivity contribution < 1.29 is 0 Å².